The molecule has 18 heavy (non-hydrogen) atoms. The highest BCUT2D eigenvalue weighted by Crippen LogP contribution is 2.17. The smallest absolute Gasteiger partial charge is 0.148 e. The van der Waals surface area contributed by atoms with E-state index < -0.39 is 9.84 Å². The minimum Gasteiger partial charge on any atom is -0.312 e. The van der Waals surface area contributed by atoms with Crippen molar-refractivity contribution in [1.29, 1.82) is 0 Å². The average molecular weight is 276 g/mol. The summed E-state index contributed by atoms with van der Waals surface area (Å²) in [6.45, 7) is 10.4. The molecule has 108 valence electrons. The topological polar surface area (TPSA) is 49.4 Å². The molecule has 0 unspecified atom stereocenters. The molecule has 4 nitrogen and oxygen atoms in total. The van der Waals surface area contributed by atoms with Crippen molar-refractivity contribution in [2.75, 3.05) is 38.2 Å². The van der Waals surface area contributed by atoms with Crippen molar-refractivity contribution in [2.45, 2.75) is 39.2 Å². The van der Waals surface area contributed by atoms with E-state index in [4.69, 9.17) is 0 Å². The van der Waals surface area contributed by atoms with E-state index in [9.17, 15) is 8.42 Å². The lowest BCUT2D eigenvalue weighted by Gasteiger charge is -2.33. The number of rotatable bonds is 5. The monoisotopic (exact) mass is 276 g/mol. The summed E-state index contributed by atoms with van der Waals surface area (Å²) in [6, 6.07) is 0. The highest BCUT2D eigenvalue weighted by atomic mass is 32.2. The SMILES string of the molecule is CC(C)(C)NCC1CCN(CCS(C)(=O)=O)CC1. The number of nitrogens with zero attached hydrogens (tertiary/aromatic N) is 1. The van der Waals surface area contributed by atoms with Crippen LogP contribution in [0.25, 0.3) is 0 Å². The Morgan fingerprint density at radius 3 is 2.22 bits per heavy atom. The number of likely N-dealkylation sites (tertiary alicyclic amines) is 1. The van der Waals surface area contributed by atoms with Gasteiger partial charge in [0.25, 0.3) is 0 Å². The van der Waals surface area contributed by atoms with Gasteiger partial charge in [-0.15, -0.1) is 0 Å². The van der Waals surface area contributed by atoms with E-state index in [0.717, 1.165) is 25.6 Å². The van der Waals surface area contributed by atoms with Crippen LogP contribution < -0.4 is 5.32 Å². The van der Waals surface area contributed by atoms with Crippen LogP contribution in [0.3, 0.4) is 0 Å². The molecule has 1 heterocycles. The largest absolute Gasteiger partial charge is 0.312 e. The van der Waals surface area contributed by atoms with Crippen molar-refractivity contribution < 1.29 is 8.42 Å². The first-order valence-electron chi connectivity index (χ1n) is 6.81. The molecule has 1 N–H and O–H groups in total. The quantitative estimate of drug-likeness (QED) is 0.818. The van der Waals surface area contributed by atoms with Gasteiger partial charge < -0.3 is 10.2 Å². The second-order valence-electron chi connectivity index (χ2n) is 6.55. The molecule has 0 aromatic heterocycles. The first kappa shape index (κ1) is 15.9. The minimum atomic E-state index is -2.82. The molecule has 0 saturated carbocycles. The van der Waals surface area contributed by atoms with Gasteiger partial charge in [-0.1, -0.05) is 0 Å². The number of nitrogens with one attached hydrogen (secondary N) is 1. The summed E-state index contributed by atoms with van der Waals surface area (Å²) >= 11 is 0. The molecule has 1 aliphatic rings. The van der Waals surface area contributed by atoms with Gasteiger partial charge in [0.1, 0.15) is 9.84 Å². The van der Waals surface area contributed by atoms with Crippen molar-refractivity contribution in [3.8, 4) is 0 Å². The fourth-order valence-electron chi connectivity index (χ4n) is 2.16. The Labute approximate surface area is 112 Å². The van der Waals surface area contributed by atoms with E-state index in [1.165, 1.54) is 19.1 Å². The molecule has 1 aliphatic heterocycles. The summed E-state index contributed by atoms with van der Waals surface area (Å²) in [4.78, 5) is 2.27. The fraction of sp³-hybridized carbons (Fsp3) is 1.00. The van der Waals surface area contributed by atoms with Gasteiger partial charge in [-0.3, -0.25) is 0 Å². The first-order chi connectivity index (χ1) is 8.16. The molecule has 0 aromatic rings. The molecule has 0 aliphatic carbocycles. The maximum absolute atomic E-state index is 11.1. The Morgan fingerprint density at radius 2 is 1.78 bits per heavy atom. The average Bonchev–Trinajstić information content (AvgIpc) is 2.23. The molecule has 0 spiro atoms. The number of hydrogen-bond acceptors (Lipinski definition) is 4. The minimum absolute atomic E-state index is 0.188. The lowest BCUT2D eigenvalue weighted by Crippen LogP contribution is -2.43. The summed E-state index contributed by atoms with van der Waals surface area (Å²) in [5.74, 6) is 1.02. The highest BCUT2D eigenvalue weighted by molar-refractivity contribution is 7.90. The standard InChI is InChI=1S/C13H28N2O2S/c1-13(2,3)14-11-12-5-7-15(8-6-12)9-10-18(4,16)17/h12,14H,5-11H2,1-4H3. The molecular formula is C13H28N2O2S. The van der Waals surface area contributed by atoms with E-state index >= 15 is 0 Å². The third kappa shape index (κ3) is 7.34. The van der Waals surface area contributed by atoms with Crippen LogP contribution in [0.5, 0.6) is 0 Å². The summed E-state index contributed by atoms with van der Waals surface area (Å²) in [6.07, 6.45) is 3.66. The summed E-state index contributed by atoms with van der Waals surface area (Å²) < 4.78 is 22.2. The van der Waals surface area contributed by atoms with E-state index in [1.54, 1.807) is 0 Å². The fourth-order valence-corrected chi connectivity index (χ4v) is 2.75. The van der Waals surface area contributed by atoms with Crippen molar-refractivity contribution in [3.63, 3.8) is 0 Å². The predicted octanol–water partition coefficient (Wildman–Crippen LogP) is 1.13. The highest BCUT2D eigenvalue weighted by Gasteiger charge is 2.21. The molecule has 0 aromatic carbocycles. The molecule has 0 atom stereocenters. The van der Waals surface area contributed by atoms with Crippen LogP contribution in [-0.2, 0) is 9.84 Å². The van der Waals surface area contributed by atoms with Crippen LogP contribution in [0.15, 0.2) is 0 Å². The molecule has 0 radical (unpaired) electrons. The molecule has 0 amide bonds. The number of sulfone groups is 1. The van der Waals surface area contributed by atoms with Crippen molar-refractivity contribution >= 4 is 9.84 Å². The maximum Gasteiger partial charge on any atom is 0.148 e. The zero-order chi connectivity index (χ0) is 13.8. The third-order valence-electron chi connectivity index (χ3n) is 3.41. The van der Waals surface area contributed by atoms with E-state index in [-0.39, 0.29) is 11.3 Å². The molecular weight excluding hydrogens is 248 g/mol. The zero-order valence-corrected chi connectivity index (χ0v) is 13.0. The van der Waals surface area contributed by atoms with Crippen LogP contribution in [-0.4, -0.2) is 57.0 Å². The summed E-state index contributed by atoms with van der Waals surface area (Å²) in [5.41, 5.74) is 0.188. The molecule has 1 saturated heterocycles. The Balaban J connectivity index is 2.21. The van der Waals surface area contributed by atoms with Gasteiger partial charge in [-0.05, 0) is 59.2 Å². The van der Waals surface area contributed by atoms with E-state index in [2.05, 4.69) is 31.0 Å². The normalized spacial score (nSPS) is 20.2. The molecule has 0 bridgehead atoms. The van der Waals surface area contributed by atoms with E-state index in [1.807, 2.05) is 0 Å². The lowest BCUT2D eigenvalue weighted by atomic mass is 9.95. The maximum atomic E-state index is 11.1. The van der Waals surface area contributed by atoms with Gasteiger partial charge in [0.05, 0.1) is 5.75 Å². The van der Waals surface area contributed by atoms with Crippen LogP contribution in [0.2, 0.25) is 0 Å². The zero-order valence-electron chi connectivity index (χ0n) is 12.2. The Morgan fingerprint density at radius 1 is 1.22 bits per heavy atom. The number of hydrogen-bond donors (Lipinski definition) is 1. The summed E-state index contributed by atoms with van der Waals surface area (Å²) in [5, 5.41) is 3.55. The van der Waals surface area contributed by atoms with Crippen molar-refractivity contribution in [1.82, 2.24) is 10.2 Å². The van der Waals surface area contributed by atoms with Gasteiger partial charge >= 0.3 is 0 Å². The van der Waals surface area contributed by atoms with Gasteiger partial charge in [-0.25, -0.2) is 8.42 Å². The third-order valence-corrected chi connectivity index (χ3v) is 4.33. The van der Waals surface area contributed by atoms with Gasteiger partial charge in [-0.2, -0.15) is 0 Å². The van der Waals surface area contributed by atoms with Gasteiger partial charge in [0, 0.05) is 18.3 Å². The predicted molar refractivity (Wildman–Crippen MR) is 76.6 cm³/mol. The molecule has 5 heteroatoms. The molecule has 1 rings (SSSR count). The van der Waals surface area contributed by atoms with Crippen LogP contribution in [0.1, 0.15) is 33.6 Å². The summed E-state index contributed by atoms with van der Waals surface area (Å²) in [7, 11) is -2.82. The van der Waals surface area contributed by atoms with Crippen LogP contribution >= 0.6 is 0 Å². The van der Waals surface area contributed by atoms with Crippen molar-refractivity contribution in [2.24, 2.45) is 5.92 Å². The van der Waals surface area contributed by atoms with Gasteiger partial charge in [0.15, 0.2) is 0 Å². The first-order valence-corrected chi connectivity index (χ1v) is 8.87. The van der Waals surface area contributed by atoms with Crippen LogP contribution in [0, 0.1) is 5.92 Å². The Bertz CT molecular complexity index is 338. The lowest BCUT2D eigenvalue weighted by molar-refractivity contribution is 0.184. The Kier molecular flexibility index (Phi) is 5.62. The number of piperidine rings is 1. The second-order valence-corrected chi connectivity index (χ2v) is 8.81. The second kappa shape index (κ2) is 6.35. The van der Waals surface area contributed by atoms with E-state index in [0.29, 0.717) is 6.54 Å². The van der Waals surface area contributed by atoms with Gasteiger partial charge in [0.2, 0.25) is 0 Å². The Hall–Kier alpha value is -0.130. The molecule has 1 fully saturated rings. The van der Waals surface area contributed by atoms with Crippen molar-refractivity contribution in [3.05, 3.63) is 0 Å². The van der Waals surface area contributed by atoms with Crippen LogP contribution in [0.4, 0.5) is 0 Å².